The minimum Gasteiger partial charge on any atom is -0.288 e. The number of sulfonamides is 1. The number of nitrogens with zero attached hydrogens (tertiary/aromatic N) is 2. The molecule has 1 saturated heterocycles. The molecule has 164 valence electrons. The summed E-state index contributed by atoms with van der Waals surface area (Å²) in [6.07, 6.45) is -1.90. The van der Waals surface area contributed by atoms with Gasteiger partial charge in [-0.2, -0.15) is 13.2 Å². The van der Waals surface area contributed by atoms with Gasteiger partial charge >= 0.3 is 6.18 Å². The number of rotatable bonds is 6. The molecule has 2 heterocycles. The van der Waals surface area contributed by atoms with E-state index in [1.165, 1.54) is 23.1 Å². The number of aromatic nitrogens is 1. The summed E-state index contributed by atoms with van der Waals surface area (Å²) in [4.78, 5) is 17.8. The maximum absolute atomic E-state index is 12.7. The number of nitrogens with one attached hydrogen (secondary N) is 1. The van der Waals surface area contributed by atoms with Crippen molar-refractivity contribution in [3.63, 3.8) is 0 Å². The molecule has 0 spiro atoms. The van der Waals surface area contributed by atoms with E-state index in [9.17, 15) is 26.4 Å². The molecule has 1 aromatic heterocycles. The van der Waals surface area contributed by atoms with E-state index in [0.29, 0.717) is 16.0 Å². The molecule has 31 heavy (non-hydrogen) atoms. The molecule has 0 bridgehead atoms. The number of alkyl halides is 3. The van der Waals surface area contributed by atoms with E-state index in [0.717, 1.165) is 24.0 Å². The molecule has 6 nitrogen and oxygen atoms in total. The molecule has 1 aromatic carbocycles. The zero-order valence-corrected chi connectivity index (χ0v) is 18.5. The number of pyridine rings is 1. The Bertz CT molecular complexity index is 1130. The third kappa shape index (κ3) is 5.50. The number of thiocarbonyl (C=S) groups is 1. The number of carbonyl (C=O) groups is 1. The highest BCUT2D eigenvalue weighted by Gasteiger charge is 2.34. The molecule has 1 aliphatic heterocycles. The van der Waals surface area contributed by atoms with Crippen LogP contribution in [0.2, 0.25) is 0 Å². The van der Waals surface area contributed by atoms with E-state index < -0.39 is 21.9 Å². The second kappa shape index (κ2) is 9.07. The van der Waals surface area contributed by atoms with Gasteiger partial charge in [-0.25, -0.2) is 13.1 Å². The van der Waals surface area contributed by atoms with Gasteiger partial charge in [0.05, 0.1) is 16.3 Å². The topological polar surface area (TPSA) is 79.4 Å². The summed E-state index contributed by atoms with van der Waals surface area (Å²) < 4.78 is 64.6. The molecule has 0 unspecified atom stereocenters. The zero-order valence-electron chi connectivity index (χ0n) is 16.0. The van der Waals surface area contributed by atoms with Gasteiger partial charge in [-0.1, -0.05) is 49.1 Å². The minimum atomic E-state index is -4.54. The van der Waals surface area contributed by atoms with Crippen LogP contribution < -0.4 is 4.72 Å². The predicted octanol–water partition coefficient (Wildman–Crippen LogP) is 3.80. The highest BCUT2D eigenvalue weighted by molar-refractivity contribution is 8.26. The van der Waals surface area contributed by atoms with Crippen LogP contribution in [0.25, 0.3) is 6.08 Å². The lowest BCUT2D eigenvalue weighted by atomic mass is 10.2. The smallest absolute Gasteiger partial charge is 0.288 e. The molecule has 1 amide bonds. The highest BCUT2D eigenvalue weighted by Crippen LogP contribution is 2.34. The molecule has 3 rings (SSSR count). The van der Waals surface area contributed by atoms with E-state index in [4.69, 9.17) is 12.2 Å². The van der Waals surface area contributed by atoms with Crippen molar-refractivity contribution in [3.05, 3.63) is 64.3 Å². The number of amides is 1. The van der Waals surface area contributed by atoms with Crippen molar-refractivity contribution in [2.75, 3.05) is 6.54 Å². The Morgan fingerprint density at radius 1 is 1.19 bits per heavy atom. The summed E-state index contributed by atoms with van der Waals surface area (Å²) in [5.41, 5.74) is -0.00295. The number of halogens is 3. The number of thioether (sulfide) groups is 1. The molecule has 0 aliphatic carbocycles. The van der Waals surface area contributed by atoms with Crippen molar-refractivity contribution in [1.82, 2.24) is 14.6 Å². The lowest BCUT2D eigenvalue weighted by molar-refractivity contribution is -0.141. The van der Waals surface area contributed by atoms with Gasteiger partial charge in [-0.15, -0.1) is 0 Å². The number of hydrogen-bond acceptors (Lipinski definition) is 6. The summed E-state index contributed by atoms with van der Waals surface area (Å²) in [7, 11) is -3.58. The third-order valence-corrected chi connectivity index (χ3v) is 7.09. The Hall–Kier alpha value is -2.28. The largest absolute Gasteiger partial charge is 0.433 e. The van der Waals surface area contributed by atoms with E-state index in [-0.39, 0.29) is 28.2 Å². The fraction of sp³-hybridized carbons (Fsp3) is 0.211. The molecule has 1 aliphatic rings. The van der Waals surface area contributed by atoms with E-state index in [1.54, 1.807) is 25.1 Å². The first-order valence-electron chi connectivity index (χ1n) is 8.88. The average molecular weight is 488 g/mol. The Labute approximate surface area is 186 Å². The van der Waals surface area contributed by atoms with Crippen molar-refractivity contribution in [1.29, 1.82) is 0 Å². The van der Waals surface area contributed by atoms with Crippen LogP contribution in [-0.4, -0.2) is 35.1 Å². The molecular weight excluding hydrogens is 471 g/mol. The van der Waals surface area contributed by atoms with Gasteiger partial charge < -0.3 is 0 Å². The monoisotopic (exact) mass is 487 g/mol. The summed E-state index contributed by atoms with van der Waals surface area (Å²) in [6.45, 7) is 1.93. The third-order valence-electron chi connectivity index (χ3n) is 4.15. The summed E-state index contributed by atoms with van der Waals surface area (Å²) in [6, 6.07) is 8.09. The molecule has 1 N–H and O–H groups in total. The fourth-order valence-corrected chi connectivity index (χ4v) is 4.97. The van der Waals surface area contributed by atoms with Crippen molar-refractivity contribution >= 4 is 50.3 Å². The van der Waals surface area contributed by atoms with Gasteiger partial charge in [0.2, 0.25) is 10.0 Å². The van der Waals surface area contributed by atoms with E-state index >= 15 is 0 Å². The lowest BCUT2D eigenvalue weighted by Crippen LogP contribution is -2.27. The van der Waals surface area contributed by atoms with Crippen LogP contribution in [0.15, 0.2) is 52.4 Å². The molecule has 12 heteroatoms. The van der Waals surface area contributed by atoms with E-state index in [1.807, 2.05) is 0 Å². The second-order valence-corrected chi connectivity index (χ2v) is 9.83. The van der Waals surface area contributed by atoms with Gasteiger partial charge in [-0.3, -0.25) is 14.7 Å². The maximum atomic E-state index is 12.7. The Kier molecular flexibility index (Phi) is 6.84. The molecular formula is C19H16F3N3O3S3. The van der Waals surface area contributed by atoms with Crippen LogP contribution in [-0.2, 0) is 27.5 Å². The summed E-state index contributed by atoms with van der Waals surface area (Å²) >= 11 is 6.29. The molecule has 2 aromatic rings. The summed E-state index contributed by atoms with van der Waals surface area (Å²) in [5, 5.41) is 0. The van der Waals surface area contributed by atoms with Crippen molar-refractivity contribution < 1.29 is 26.4 Å². The van der Waals surface area contributed by atoms with Crippen molar-refractivity contribution in [3.8, 4) is 0 Å². The van der Waals surface area contributed by atoms with Crippen LogP contribution in [0.5, 0.6) is 0 Å². The zero-order chi connectivity index (χ0) is 22.8. The van der Waals surface area contributed by atoms with Crippen LogP contribution >= 0.6 is 24.0 Å². The Morgan fingerprint density at radius 3 is 2.42 bits per heavy atom. The number of benzene rings is 1. The highest BCUT2D eigenvalue weighted by atomic mass is 32.2. The van der Waals surface area contributed by atoms with Crippen LogP contribution in [0.1, 0.15) is 23.7 Å². The average Bonchev–Trinajstić information content (AvgIpc) is 2.95. The van der Waals surface area contributed by atoms with E-state index in [2.05, 4.69) is 9.71 Å². The second-order valence-electron chi connectivity index (χ2n) is 6.39. The van der Waals surface area contributed by atoms with Crippen molar-refractivity contribution in [2.45, 2.75) is 24.5 Å². The standard InChI is InChI=1S/C19H16F3N3O3S3/c1-2-24-31(27,28)14-6-3-12(4-7-14)9-15-17(26)25(18(29)30-15)11-13-5-8-16(23-10-13)19(20,21)22/h3-10,24H,2,11H2,1H3/b15-9-. The first-order chi connectivity index (χ1) is 14.5. The summed E-state index contributed by atoms with van der Waals surface area (Å²) in [5.74, 6) is -0.390. The normalized spacial score (nSPS) is 16.4. The molecule has 0 saturated carbocycles. The van der Waals surface area contributed by atoms with Crippen molar-refractivity contribution in [2.24, 2.45) is 0 Å². The van der Waals surface area contributed by atoms with Crippen LogP contribution in [0.4, 0.5) is 13.2 Å². The number of hydrogen-bond donors (Lipinski definition) is 1. The fourth-order valence-electron chi connectivity index (χ4n) is 2.67. The van der Waals surface area contributed by atoms with Gasteiger partial charge in [0.1, 0.15) is 10.0 Å². The SMILES string of the molecule is CCNS(=O)(=O)c1ccc(/C=C2\SC(=S)N(Cc3ccc(C(F)(F)F)nc3)C2=O)cc1. The predicted molar refractivity (Wildman–Crippen MR) is 115 cm³/mol. The van der Waals surface area contributed by atoms with Gasteiger partial charge in [-0.05, 0) is 35.4 Å². The Morgan fingerprint density at radius 2 is 1.87 bits per heavy atom. The first kappa shape index (κ1) is 23.4. The van der Waals surface area contributed by atoms with Crippen LogP contribution in [0.3, 0.4) is 0 Å². The van der Waals surface area contributed by atoms with Gasteiger partial charge in [0.25, 0.3) is 5.91 Å². The van der Waals surface area contributed by atoms with Gasteiger partial charge in [0.15, 0.2) is 0 Å². The minimum absolute atomic E-state index is 0.00693. The quantitative estimate of drug-likeness (QED) is 0.493. The molecule has 1 fully saturated rings. The lowest BCUT2D eigenvalue weighted by Gasteiger charge is -2.14. The molecule has 0 atom stereocenters. The number of carbonyl (C=O) groups excluding carboxylic acids is 1. The maximum Gasteiger partial charge on any atom is 0.433 e. The molecule has 0 radical (unpaired) electrons. The van der Waals surface area contributed by atoms with Gasteiger partial charge in [0, 0.05) is 12.7 Å². The Balaban J connectivity index is 1.74. The van der Waals surface area contributed by atoms with Crippen LogP contribution in [0, 0.1) is 0 Å². The first-order valence-corrected chi connectivity index (χ1v) is 11.6.